The first-order chi connectivity index (χ1) is 14.5. The van der Waals surface area contributed by atoms with Crippen molar-refractivity contribution in [3.05, 3.63) is 29.8 Å². The SMILES string of the molecule is C#CCCC1(CCNC(=O)[C@H]2CSC([C@H]3CSC(c4ccccc4O)=N3)N2C)N=N1. The van der Waals surface area contributed by atoms with Crippen molar-refractivity contribution in [1.29, 1.82) is 0 Å². The molecular weight excluding hydrogens is 418 g/mol. The van der Waals surface area contributed by atoms with Crippen molar-refractivity contribution in [2.75, 3.05) is 25.1 Å². The standard InChI is InChI=1S/C21H25N5O2S2/c1-3-4-9-21(24-25-21)10-11-22-18(28)16-13-30-20(26(16)2)15-12-29-19(23-15)14-7-5-6-8-17(14)27/h1,5-8,15-16,20,27H,4,9-13H2,2H3,(H,22,28)/t15-,16-,20?/m1/s1. The van der Waals surface area contributed by atoms with Gasteiger partial charge in [0.25, 0.3) is 0 Å². The number of terminal acetylenes is 1. The minimum absolute atomic E-state index is 0.0378. The molecule has 1 saturated heterocycles. The van der Waals surface area contributed by atoms with Crippen molar-refractivity contribution in [3.63, 3.8) is 0 Å². The van der Waals surface area contributed by atoms with E-state index in [2.05, 4.69) is 26.4 Å². The number of para-hydroxylation sites is 1. The molecule has 1 fully saturated rings. The first kappa shape index (κ1) is 21.2. The highest BCUT2D eigenvalue weighted by molar-refractivity contribution is 8.14. The smallest absolute Gasteiger partial charge is 0.238 e. The summed E-state index contributed by atoms with van der Waals surface area (Å²) in [4.78, 5) is 19.7. The van der Waals surface area contributed by atoms with Crippen LogP contribution >= 0.6 is 23.5 Å². The molecule has 0 radical (unpaired) electrons. The summed E-state index contributed by atoms with van der Waals surface area (Å²) in [5.41, 5.74) is 0.410. The number of benzene rings is 1. The molecule has 3 heterocycles. The number of nitrogens with one attached hydrogen (secondary N) is 1. The van der Waals surface area contributed by atoms with Gasteiger partial charge in [-0.05, 0) is 19.2 Å². The Balaban J connectivity index is 1.30. The van der Waals surface area contributed by atoms with Gasteiger partial charge in [-0.25, -0.2) is 0 Å². The van der Waals surface area contributed by atoms with Crippen LogP contribution in [0.15, 0.2) is 39.5 Å². The molecule has 1 aromatic rings. The number of hydrogen-bond donors (Lipinski definition) is 2. The van der Waals surface area contributed by atoms with Crippen molar-refractivity contribution >= 4 is 34.5 Å². The average Bonchev–Trinajstić information content (AvgIpc) is 3.15. The van der Waals surface area contributed by atoms with Gasteiger partial charge in [0, 0.05) is 42.9 Å². The van der Waals surface area contributed by atoms with Crippen LogP contribution in [0.1, 0.15) is 24.8 Å². The number of hydrogen-bond acceptors (Lipinski definition) is 8. The lowest BCUT2D eigenvalue weighted by atomic mass is 10.0. The first-order valence-corrected chi connectivity index (χ1v) is 12.0. The van der Waals surface area contributed by atoms with E-state index in [1.165, 1.54) is 0 Å². The van der Waals surface area contributed by atoms with E-state index in [4.69, 9.17) is 11.4 Å². The number of aromatic hydroxyl groups is 1. The highest BCUT2D eigenvalue weighted by Gasteiger charge is 2.42. The Kier molecular flexibility index (Phi) is 6.37. The van der Waals surface area contributed by atoms with Gasteiger partial charge >= 0.3 is 0 Å². The normalized spacial score (nSPS) is 26.9. The van der Waals surface area contributed by atoms with E-state index in [0.29, 0.717) is 19.4 Å². The zero-order chi connectivity index (χ0) is 21.1. The lowest BCUT2D eigenvalue weighted by Gasteiger charge is -2.26. The fourth-order valence-electron chi connectivity index (χ4n) is 3.75. The van der Waals surface area contributed by atoms with E-state index in [9.17, 15) is 9.90 Å². The summed E-state index contributed by atoms with van der Waals surface area (Å²) in [6.45, 7) is 0.547. The molecule has 1 aromatic carbocycles. The summed E-state index contributed by atoms with van der Waals surface area (Å²) < 4.78 is 0. The summed E-state index contributed by atoms with van der Waals surface area (Å²) in [6, 6.07) is 7.20. The molecule has 1 amide bonds. The van der Waals surface area contributed by atoms with Crippen LogP contribution in [0.2, 0.25) is 0 Å². The van der Waals surface area contributed by atoms with Gasteiger partial charge in [0.2, 0.25) is 5.91 Å². The van der Waals surface area contributed by atoms with Crippen molar-refractivity contribution in [2.24, 2.45) is 15.2 Å². The first-order valence-electron chi connectivity index (χ1n) is 10.0. The minimum Gasteiger partial charge on any atom is -0.507 e. The third kappa shape index (κ3) is 4.51. The van der Waals surface area contributed by atoms with E-state index in [1.807, 2.05) is 25.2 Å². The Morgan fingerprint density at radius 2 is 2.17 bits per heavy atom. The maximum absolute atomic E-state index is 12.7. The Hall–Kier alpha value is -2.02. The maximum atomic E-state index is 12.7. The van der Waals surface area contributed by atoms with Crippen LogP contribution in [0, 0.1) is 12.3 Å². The number of carbonyl (C=O) groups excluding carboxylic acids is 1. The lowest BCUT2D eigenvalue weighted by molar-refractivity contribution is -0.125. The van der Waals surface area contributed by atoms with E-state index < -0.39 is 0 Å². The zero-order valence-corrected chi connectivity index (χ0v) is 18.5. The van der Waals surface area contributed by atoms with Crippen molar-refractivity contribution < 1.29 is 9.90 Å². The summed E-state index contributed by atoms with van der Waals surface area (Å²) in [5, 5.41) is 22.4. The summed E-state index contributed by atoms with van der Waals surface area (Å²) in [7, 11) is 1.99. The minimum atomic E-state index is -0.367. The monoisotopic (exact) mass is 443 g/mol. The fraction of sp³-hybridized carbons (Fsp3) is 0.524. The molecule has 0 aromatic heterocycles. The Morgan fingerprint density at radius 1 is 1.37 bits per heavy atom. The summed E-state index contributed by atoms with van der Waals surface area (Å²) in [6.07, 6.45) is 7.41. The molecule has 0 spiro atoms. The van der Waals surface area contributed by atoms with E-state index in [0.717, 1.165) is 28.5 Å². The highest BCUT2D eigenvalue weighted by Crippen LogP contribution is 2.38. The number of nitrogens with zero attached hydrogens (tertiary/aromatic N) is 4. The van der Waals surface area contributed by atoms with Crippen molar-refractivity contribution in [2.45, 2.75) is 42.4 Å². The predicted molar refractivity (Wildman–Crippen MR) is 122 cm³/mol. The van der Waals surface area contributed by atoms with Crippen LogP contribution in [0.5, 0.6) is 5.75 Å². The molecule has 1 unspecified atom stereocenters. The lowest BCUT2D eigenvalue weighted by Crippen LogP contribution is -2.47. The summed E-state index contributed by atoms with van der Waals surface area (Å²) >= 11 is 3.43. The molecule has 4 rings (SSSR count). The number of phenols is 1. The number of aliphatic imine (C=N–C) groups is 1. The molecule has 3 atom stereocenters. The number of rotatable bonds is 8. The van der Waals surface area contributed by atoms with Crippen molar-refractivity contribution in [1.82, 2.24) is 10.2 Å². The van der Waals surface area contributed by atoms with Crippen LogP contribution in [0.4, 0.5) is 0 Å². The number of carbonyl (C=O) groups is 1. The number of amides is 1. The van der Waals surface area contributed by atoms with E-state index >= 15 is 0 Å². The molecule has 30 heavy (non-hydrogen) atoms. The Morgan fingerprint density at radius 3 is 2.90 bits per heavy atom. The molecule has 2 N–H and O–H groups in total. The van der Waals surface area contributed by atoms with Gasteiger partial charge in [-0.1, -0.05) is 12.1 Å². The molecule has 3 aliphatic heterocycles. The third-order valence-electron chi connectivity index (χ3n) is 5.64. The van der Waals surface area contributed by atoms with Crippen molar-refractivity contribution in [3.8, 4) is 18.1 Å². The predicted octanol–water partition coefficient (Wildman–Crippen LogP) is 2.71. The van der Waals surface area contributed by atoms with Crippen LogP contribution in [-0.2, 0) is 4.79 Å². The van der Waals surface area contributed by atoms with Crippen LogP contribution < -0.4 is 5.32 Å². The fourth-order valence-corrected chi connectivity index (χ4v) is 6.53. The molecule has 7 nitrogen and oxygen atoms in total. The van der Waals surface area contributed by atoms with Crippen LogP contribution in [0.25, 0.3) is 0 Å². The van der Waals surface area contributed by atoms with Crippen LogP contribution in [-0.4, -0.2) is 69.2 Å². The molecule has 9 heteroatoms. The summed E-state index contributed by atoms with van der Waals surface area (Å²) in [5.74, 6) is 4.50. The topological polar surface area (TPSA) is 89.6 Å². The number of phenolic OH excluding ortho intramolecular Hbond substituents is 1. The highest BCUT2D eigenvalue weighted by atomic mass is 32.2. The molecule has 0 bridgehead atoms. The van der Waals surface area contributed by atoms with Crippen LogP contribution in [0.3, 0.4) is 0 Å². The zero-order valence-electron chi connectivity index (χ0n) is 16.8. The number of thioether (sulfide) groups is 2. The Labute approximate surface area is 185 Å². The second-order valence-corrected chi connectivity index (χ2v) is 9.82. The van der Waals surface area contributed by atoms with E-state index in [1.54, 1.807) is 29.6 Å². The van der Waals surface area contributed by atoms with Gasteiger partial charge < -0.3 is 10.4 Å². The van der Waals surface area contributed by atoms with E-state index in [-0.39, 0.29) is 34.8 Å². The maximum Gasteiger partial charge on any atom is 0.238 e. The van der Waals surface area contributed by atoms with Gasteiger partial charge in [0.15, 0.2) is 5.66 Å². The second-order valence-electron chi connectivity index (χ2n) is 7.66. The molecule has 0 aliphatic carbocycles. The molecule has 0 saturated carbocycles. The molecule has 158 valence electrons. The third-order valence-corrected chi connectivity index (χ3v) is 8.24. The number of likely N-dealkylation sites (N-methyl/N-ethyl adjacent to an activating group) is 1. The average molecular weight is 444 g/mol. The largest absolute Gasteiger partial charge is 0.507 e. The van der Waals surface area contributed by atoms with Gasteiger partial charge in [-0.3, -0.25) is 14.7 Å². The molecule has 3 aliphatic rings. The second kappa shape index (κ2) is 9.00. The quantitative estimate of drug-likeness (QED) is 0.603. The molecular formula is C21H25N5O2S2. The van der Waals surface area contributed by atoms with Gasteiger partial charge in [0.05, 0.1) is 17.5 Å². The van der Waals surface area contributed by atoms with Gasteiger partial charge in [0.1, 0.15) is 10.8 Å². The Bertz CT molecular complexity index is 907. The van der Waals surface area contributed by atoms with Gasteiger partial charge in [-0.2, -0.15) is 10.2 Å². The van der Waals surface area contributed by atoms with Gasteiger partial charge in [-0.15, -0.1) is 35.9 Å².